The molecule has 0 aliphatic heterocycles. The van der Waals surface area contributed by atoms with Gasteiger partial charge in [-0.25, -0.2) is 0 Å². The summed E-state index contributed by atoms with van der Waals surface area (Å²) in [4.78, 5) is 0. The molecule has 0 aromatic heterocycles. The van der Waals surface area contributed by atoms with Crippen LogP contribution in [0.15, 0.2) is 0 Å². The molecule has 0 amide bonds. The van der Waals surface area contributed by atoms with Gasteiger partial charge in [0, 0.05) is 0 Å². The van der Waals surface area contributed by atoms with Crippen LogP contribution in [0.4, 0.5) is 0 Å². The third-order valence-electron chi connectivity index (χ3n) is 0.354. The summed E-state index contributed by atoms with van der Waals surface area (Å²) < 4.78 is 0. The summed E-state index contributed by atoms with van der Waals surface area (Å²) in [5, 5.41) is 2.93. The van der Waals surface area contributed by atoms with Crippen LogP contribution in [0.3, 0.4) is 0 Å². The SMILES string of the molecule is CC.CCNC. The zero-order valence-corrected chi connectivity index (χ0v) is 5.21. The first-order chi connectivity index (χ1) is 2.91. The summed E-state index contributed by atoms with van der Waals surface area (Å²) in [7, 11) is 1.93. The second-order valence-electron chi connectivity index (χ2n) is 0.707. The Morgan fingerprint density at radius 3 is 1.50 bits per heavy atom. The minimum absolute atomic E-state index is 1.07. The molecule has 0 fully saturated rings. The van der Waals surface area contributed by atoms with Gasteiger partial charge in [0.2, 0.25) is 0 Å². The highest BCUT2D eigenvalue weighted by Crippen LogP contribution is 1.34. The lowest BCUT2D eigenvalue weighted by molar-refractivity contribution is 0.864. The number of hydrogen-bond donors (Lipinski definition) is 1. The van der Waals surface area contributed by atoms with E-state index in [0.29, 0.717) is 0 Å². The van der Waals surface area contributed by atoms with E-state index in [4.69, 9.17) is 0 Å². The molecule has 0 unspecified atom stereocenters. The molecule has 0 bridgehead atoms. The van der Waals surface area contributed by atoms with Crippen LogP contribution < -0.4 is 5.32 Å². The van der Waals surface area contributed by atoms with Crippen molar-refractivity contribution < 1.29 is 0 Å². The van der Waals surface area contributed by atoms with E-state index < -0.39 is 0 Å². The molecular formula is C5H15N. The van der Waals surface area contributed by atoms with Crippen LogP contribution in [0.2, 0.25) is 0 Å². The second-order valence-corrected chi connectivity index (χ2v) is 0.707. The number of rotatable bonds is 1. The van der Waals surface area contributed by atoms with Crippen molar-refractivity contribution in [3.05, 3.63) is 0 Å². The highest BCUT2D eigenvalue weighted by molar-refractivity contribution is 4.15. The van der Waals surface area contributed by atoms with Gasteiger partial charge >= 0.3 is 0 Å². The Hall–Kier alpha value is -0.0400. The van der Waals surface area contributed by atoms with Crippen molar-refractivity contribution in [2.45, 2.75) is 20.8 Å². The first-order valence-corrected chi connectivity index (χ1v) is 2.56. The molecule has 0 rings (SSSR count). The highest BCUT2D eigenvalue weighted by atomic mass is 14.8. The summed E-state index contributed by atoms with van der Waals surface area (Å²) >= 11 is 0. The average Bonchev–Trinajstić information content (AvgIpc) is 1.72. The van der Waals surface area contributed by atoms with Gasteiger partial charge in [-0.2, -0.15) is 0 Å². The lowest BCUT2D eigenvalue weighted by atomic mass is 10.8. The molecule has 0 heterocycles. The molecule has 1 heteroatoms. The molecule has 0 aromatic rings. The Kier molecular flexibility index (Phi) is 31.6. The Morgan fingerprint density at radius 1 is 1.33 bits per heavy atom. The van der Waals surface area contributed by atoms with Crippen molar-refractivity contribution in [1.82, 2.24) is 5.32 Å². The van der Waals surface area contributed by atoms with Crippen LogP contribution >= 0.6 is 0 Å². The standard InChI is InChI=1S/C3H9N.C2H6/c1-3-4-2;1-2/h4H,3H2,1-2H3;1-2H3. The first kappa shape index (κ1) is 9.35. The van der Waals surface area contributed by atoms with Gasteiger partial charge in [-0.3, -0.25) is 0 Å². The predicted molar refractivity (Wildman–Crippen MR) is 30.9 cm³/mol. The van der Waals surface area contributed by atoms with Crippen LogP contribution in [-0.4, -0.2) is 13.6 Å². The predicted octanol–water partition coefficient (Wildman–Crippen LogP) is 1.25. The van der Waals surface area contributed by atoms with Gasteiger partial charge in [-0.1, -0.05) is 20.8 Å². The van der Waals surface area contributed by atoms with Crippen molar-refractivity contribution in [3.63, 3.8) is 0 Å². The molecule has 0 aliphatic carbocycles. The number of hydrogen-bond acceptors (Lipinski definition) is 1. The van der Waals surface area contributed by atoms with Gasteiger partial charge in [-0.15, -0.1) is 0 Å². The highest BCUT2D eigenvalue weighted by Gasteiger charge is 1.50. The lowest BCUT2D eigenvalue weighted by Gasteiger charge is -1.76. The van der Waals surface area contributed by atoms with Crippen molar-refractivity contribution in [1.29, 1.82) is 0 Å². The van der Waals surface area contributed by atoms with Crippen LogP contribution in [0.1, 0.15) is 20.8 Å². The van der Waals surface area contributed by atoms with Crippen LogP contribution in [0.25, 0.3) is 0 Å². The minimum Gasteiger partial charge on any atom is -0.320 e. The van der Waals surface area contributed by atoms with E-state index in [1.165, 1.54) is 0 Å². The first-order valence-electron chi connectivity index (χ1n) is 2.56. The van der Waals surface area contributed by atoms with E-state index in [-0.39, 0.29) is 0 Å². The van der Waals surface area contributed by atoms with Crippen molar-refractivity contribution in [3.8, 4) is 0 Å². The molecule has 40 valence electrons. The molecule has 0 aromatic carbocycles. The summed E-state index contributed by atoms with van der Waals surface area (Å²) in [6.07, 6.45) is 0. The third-order valence-corrected chi connectivity index (χ3v) is 0.354. The summed E-state index contributed by atoms with van der Waals surface area (Å²) in [5.41, 5.74) is 0. The molecule has 0 saturated carbocycles. The molecule has 0 aliphatic rings. The zero-order valence-electron chi connectivity index (χ0n) is 5.21. The van der Waals surface area contributed by atoms with Crippen LogP contribution in [-0.2, 0) is 0 Å². The topological polar surface area (TPSA) is 12.0 Å². The fourth-order valence-corrected chi connectivity index (χ4v) is 0. The van der Waals surface area contributed by atoms with E-state index in [1.807, 2.05) is 20.9 Å². The fourth-order valence-electron chi connectivity index (χ4n) is 0. The molecule has 0 radical (unpaired) electrons. The molecule has 1 nitrogen and oxygen atoms in total. The second kappa shape index (κ2) is 20.2. The quantitative estimate of drug-likeness (QED) is 0.510. The minimum atomic E-state index is 1.07. The fraction of sp³-hybridized carbons (Fsp3) is 1.00. The largest absolute Gasteiger partial charge is 0.320 e. The molecular weight excluding hydrogens is 74.1 g/mol. The Balaban J connectivity index is 0. The Bertz CT molecular complexity index is 5.90. The maximum Gasteiger partial charge on any atom is -0.00804 e. The maximum absolute atomic E-state index is 2.93. The van der Waals surface area contributed by atoms with E-state index >= 15 is 0 Å². The van der Waals surface area contributed by atoms with Gasteiger partial charge in [0.05, 0.1) is 0 Å². The Labute approximate surface area is 40.8 Å². The van der Waals surface area contributed by atoms with Gasteiger partial charge in [0.1, 0.15) is 0 Å². The van der Waals surface area contributed by atoms with E-state index in [0.717, 1.165) is 6.54 Å². The normalized spacial score (nSPS) is 6.00. The molecule has 0 atom stereocenters. The van der Waals surface area contributed by atoms with E-state index in [2.05, 4.69) is 12.2 Å². The number of nitrogens with one attached hydrogen (secondary N) is 1. The van der Waals surface area contributed by atoms with Crippen molar-refractivity contribution in [2.24, 2.45) is 0 Å². The van der Waals surface area contributed by atoms with Crippen LogP contribution in [0.5, 0.6) is 0 Å². The summed E-state index contributed by atoms with van der Waals surface area (Å²) in [6, 6.07) is 0. The summed E-state index contributed by atoms with van der Waals surface area (Å²) in [5.74, 6) is 0. The van der Waals surface area contributed by atoms with Crippen molar-refractivity contribution in [2.75, 3.05) is 13.6 Å². The average molecular weight is 89.2 g/mol. The monoisotopic (exact) mass is 89.1 g/mol. The molecule has 0 spiro atoms. The molecule has 1 N–H and O–H groups in total. The third kappa shape index (κ3) is 37.6. The van der Waals surface area contributed by atoms with Gasteiger partial charge in [0.25, 0.3) is 0 Å². The van der Waals surface area contributed by atoms with Gasteiger partial charge < -0.3 is 5.32 Å². The smallest absolute Gasteiger partial charge is 0.00804 e. The zero-order chi connectivity index (χ0) is 5.41. The lowest BCUT2D eigenvalue weighted by Crippen LogP contribution is -2.01. The van der Waals surface area contributed by atoms with E-state index in [1.54, 1.807) is 0 Å². The molecule has 6 heavy (non-hydrogen) atoms. The van der Waals surface area contributed by atoms with E-state index in [9.17, 15) is 0 Å². The van der Waals surface area contributed by atoms with Crippen molar-refractivity contribution >= 4 is 0 Å². The Morgan fingerprint density at radius 2 is 1.50 bits per heavy atom. The van der Waals surface area contributed by atoms with Gasteiger partial charge in [-0.05, 0) is 13.6 Å². The maximum atomic E-state index is 2.93. The van der Waals surface area contributed by atoms with Crippen LogP contribution in [0, 0.1) is 0 Å². The molecule has 0 saturated heterocycles. The summed E-state index contributed by atoms with van der Waals surface area (Å²) in [6.45, 7) is 7.14. The van der Waals surface area contributed by atoms with Gasteiger partial charge in [0.15, 0.2) is 0 Å².